The van der Waals surface area contributed by atoms with Gasteiger partial charge in [0.15, 0.2) is 21.3 Å². The number of amides is 1. The fourth-order valence-corrected chi connectivity index (χ4v) is 3.04. The molecule has 1 aromatic rings. The third-order valence-corrected chi connectivity index (χ3v) is 5.40. The second-order valence-corrected chi connectivity index (χ2v) is 7.66. The van der Waals surface area contributed by atoms with Crippen LogP contribution < -0.4 is 14.8 Å². The average molecular weight is 327 g/mol. The van der Waals surface area contributed by atoms with E-state index in [1.165, 1.54) is 0 Å². The van der Waals surface area contributed by atoms with Crippen molar-refractivity contribution in [2.45, 2.75) is 13.3 Å². The monoisotopic (exact) mass is 327 g/mol. The highest BCUT2D eigenvalue weighted by molar-refractivity contribution is 7.91. The van der Waals surface area contributed by atoms with Gasteiger partial charge >= 0.3 is 0 Å². The molecule has 7 heteroatoms. The molecule has 6 nitrogen and oxygen atoms in total. The molecular formula is C15H21NO5S. The number of carbonyl (C=O) groups is 1. The summed E-state index contributed by atoms with van der Waals surface area (Å²) in [5, 5.41) is 2.67. The molecule has 1 amide bonds. The smallest absolute Gasteiger partial charge is 0.226 e. The molecule has 2 rings (SSSR count). The summed E-state index contributed by atoms with van der Waals surface area (Å²) < 4.78 is 33.7. The van der Waals surface area contributed by atoms with Crippen LogP contribution in [0.5, 0.6) is 11.5 Å². The fourth-order valence-electron chi connectivity index (χ4n) is 2.34. The van der Waals surface area contributed by atoms with Crippen LogP contribution >= 0.6 is 0 Å². The quantitative estimate of drug-likeness (QED) is 0.836. The Morgan fingerprint density at radius 2 is 2.23 bits per heavy atom. The first-order valence-corrected chi connectivity index (χ1v) is 9.05. The third kappa shape index (κ3) is 3.91. The number of carbonyl (C=O) groups excluding carboxylic acids is 1. The van der Waals surface area contributed by atoms with Gasteiger partial charge in [-0.05, 0) is 18.1 Å². The Hall–Kier alpha value is -1.76. The minimum Gasteiger partial charge on any atom is -0.493 e. The largest absolute Gasteiger partial charge is 0.493 e. The number of hydrogen-bond acceptors (Lipinski definition) is 5. The summed E-state index contributed by atoms with van der Waals surface area (Å²) in [6.45, 7) is 1.99. The maximum Gasteiger partial charge on any atom is 0.226 e. The van der Waals surface area contributed by atoms with Crippen LogP contribution in [0.15, 0.2) is 18.2 Å². The van der Waals surface area contributed by atoms with Crippen molar-refractivity contribution in [3.63, 3.8) is 0 Å². The average Bonchev–Trinajstić information content (AvgIpc) is 2.53. The van der Waals surface area contributed by atoms with Crippen LogP contribution in [0.4, 0.5) is 0 Å². The molecule has 1 aliphatic heterocycles. The van der Waals surface area contributed by atoms with Crippen molar-refractivity contribution in [1.82, 2.24) is 5.32 Å². The van der Waals surface area contributed by atoms with Gasteiger partial charge in [-0.3, -0.25) is 4.79 Å². The standard InChI is InChI=1S/C15H21NO5S/c1-3-22(18,19)8-7-16-15(17)12-9-11-5-4-6-13(20-2)14(11)21-10-12/h4-6,12H,3,7-10H2,1-2H3,(H,16,17)/t12-/m0/s1. The van der Waals surface area contributed by atoms with E-state index in [1.807, 2.05) is 18.2 Å². The van der Waals surface area contributed by atoms with E-state index < -0.39 is 9.84 Å². The Morgan fingerprint density at radius 3 is 2.91 bits per heavy atom. The summed E-state index contributed by atoms with van der Waals surface area (Å²) in [5.74, 6) is 0.896. The van der Waals surface area contributed by atoms with E-state index in [2.05, 4.69) is 5.32 Å². The number of ether oxygens (including phenoxy) is 2. The highest BCUT2D eigenvalue weighted by atomic mass is 32.2. The summed E-state index contributed by atoms with van der Waals surface area (Å²) in [6.07, 6.45) is 0.554. The summed E-state index contributed by atoms with van der Waals surface area (Å²) in [4.78, 5) is 12.1. The first-order valence-electron chi connectivity index (χ1n) is 7.23. The molecule has 1 atom stereocenters. The van der Waals surface area contributed by atoms with E-state index >= 15 is 0 Å². The van der Waals surface area contributed by atoms with Crippen LogP contribution in [0.2, 0.25) is 0 Å². The number of benzene rings is 1. The van der Waals surface area contributed by atoms with Gasteiger partial charge in [0, 0.05) is 12.3 Å². The molecule has 22 heavy (non-hydrogen) atoms. The van der Waals surface area contributed by atoms with Crippen LogP contribution in [0.1, 0.15) is 12.5 Å². The highest BCUT2D eigenvalue weighted by Gasteiger charge is 2.27. The van der Waals surface area contributed by atoms with Gasteiger partial charge in [0.25, 0.3) is 0 Å². The Labute approximate surface area is 130 Å². The van der Waals surface area contributed by atoms with Crippen molar-refractivity contribution < 1.29 is 22.7 Å². The van der Waals surface area contributed by atoms with E-state index in [4.69, 9.17) is 9.47 Å². The zero-order valence-electron chi connectivity index (χ0n) is 12.8. The molecule has 0 radical (unpaired) electrons. The van der Waals surface area contributed by atoms with Crippen LogP contribution in [-0.4, -0.2) is 46.1 Å². The van der Waals surface area contributed by atoms with Crippen molar-refractivity contribution in [2.75, 3.05) is 31.8 Å². The topological polar surface area (TPSA) is 81.7 Å². The number of hydrogen-bond donors (Lipinski definition) is 1. The molecule has 0 unspecified atom stereocenters. The van der Waals surface area contributed by atoms with Gasteiger partial charge in [-0.2, -0.15) is 0 Å². The molecule has 0 aromatic heterocycles. The summed E-state index contributed by atoms with van der Waals surface area (Å²) >= 11 is 0. The normalized spacial score (nSPS) is 17.3. The van der Waals surface area contributed by atoms with Crippen molar-refractivity contribution in [3.05, 3.63) is 23.8 Å². The summed E-state index contributed by atoms with van der Waals surface area (Å²) in [7, 11) is -1.49. The van der Waals surface area contributed by atoms with Gasteiger partial charge in [-0.25, -0.2) is 8.42 Å². The van der Waals surface area contributed by atoms with E-state index in [9.17, 15) is 13.2 Å². The number of sulfone groups is 1. The molecule has 0 bridgehead atoms. The molecule has 1 aliphatic rings. The summed E-state index contributed by atoms with van der Waals surface area (Å²) in [6, 6.07) is 5.57. The lowest BCUT2D eigenvalue weighted by atomic mass is 9.95. The molecule has 122 valence electrons. The highest BCUT2D eigenvalue weighted by Crippen LogP contribution is 2.35. The SMILES string of the molecule is CCS(=O)(=O)CCNC(=O)[C@@H]1COc2c(cccc2OC)C1. The predicted molar refractivity (Wildman–Crippen MR) is 83.0 cm³/mol. The molecule has 0 aliphatic carbocycles. The Kier molecular flexibility index (Phi) is 5.28. The maximum atomic E-state index is 12.1. The van der Waals surface area contributed by atoms with Crippen LogP contribution in [0, 0.1) is 5.92 Å². The zero-order valence-corrected chi connectivity index (χ0v) is 13.6. The molecule has 0 spiro atoms. The lowest BCUT2D eigenvalue weighted by Crippen LogP contribution is -2.39. The first-order chi connectivity index (χ1) is 10.5. The number of para-hydroxylation sites is 1. The van der Waals surface area contributed by atoms with Gasteiger partial charge in [0.1, 0.15) is 6.61 Å². The van der Waals surface area contributed by atoms with E-state index in [1.54, 1.807) is 14.0 Å². The third-order valence-electron chi connectivity index (χ3n) is 3.70. The van der Waals surface area contributed by atoms with Crippen LogP contribution in [0.25, 0.3) is 0 Å². The Balaban J connectivity index is 1.93. The van der Waals surface area contributed by atoms with Crippen molar-refractivity contribution in [1.29, 1.82) is 0 Å². The number of methoxy groups -OCH3 is 1. The summed E-state index contributed by atoms with van der Waals surface area (Å²) in [5.41, 5.74) is 0.923. The molecular weight excluding hydrogens is 306 g/mol. The van der Waals surface area contributed by atoms with Gasteiger partial charge in [0.2, 0.25) is 5.91 Å². The molecule has 0 fully saturated rings. The van der Waals surface area contributed by atoms with Gasteiger partial charge in [0.05, 0.1) is 18.8 Å². The van der Waals surface area contributed by atoms with Crippen molar-refractivity contribution >= 4 is 15.7 Å². The Morgan fingerprint density at radius 1 is 1.45 bits per heavy atom. The fraction of sp³-hybridized carbons (Fsp3) is 0.533. The molecule has 1 N–H and O–H groups in total. The van der Waals surface area contributed by atoms with E-state index in [0.29, 0.717) is 17.9 Å². The van der Waals surface area contributed by atoms with Crippen molar-refractivity contribution in [2.24, 2.45) is 5.92 Å². The van der Waals surface area contributed by atoms with Crippen LogP contribution in [0.3, 0.4) is 0 Å². The van der Waals surface area contributed by atoms with E-state index in [0.717, 1.165) is 5.56 Å². The van der Waals surface area contributed by atoms with Crippen LogP contribution in [-0.2, 0) is 21.1 Å². The van der Waals surface area contributed by atoms with E-state index in [-0.39, 0.29) is 36.5 Å². The number of fused-ring (bicyclic) bond motifs is 1. The molecule has 1 aromatic carbocycles. The lowest BCUT2D eigenvalue weighted by Gasteiger charge is -2.25. The second-order valence-electron chi connectivity index (χ2n) is 5.19. The van der Waals surface area contributed by atoms with Crippen molar-refractivity contribution in [3.8, 4) is 11.5 Å². The van der Waals surface area contributed by atoms with Gasteiger partial charge < -0.3 is 14.8 Å². The molecule has 0 saturated heterocycles. The van der Waals surface area contributed by atoms with Gasteiger partial charge in [-0.15, -0.1) is 0 Å². The lowest BCUT2D eigenvalue weighted by molar-refractivity contribution is -0.126. The Bertz CT molecular complexity index is 641. The number of rotatable bonds is 6. The predicted octanol–water partition coefficient (Wildman–Crippen LogP) is 0.797. The van der Waals surface area contributed by atoms with Gasteiger partial charge in [-0.1, -0.05) is 19.1 Å². The minimum atomic E-state index is -3.07. The number of nitrogens with one attached hydrogen (secondary N) is 1. The first kappa shape index (κ1) is 16.6. The minimum absolute atomic E-state index is 0.0345. The zero-order chi connectivity index (χ0) is 16.2. The maximum absolute atomic E-state index is 12.1. The second kappa shape index (κ2) is 7.00. The molecule has 1 heterocycles. The molecule has 0 saturated carbocycles.